The third-order valence-corrected chi connectivity index (χ3v) is 2.91. The summed E-state index contributed by atoms with van der Waals surface area (Å²) in [5.74, 6) is 1.25. The van der Waals surface area contributed by atoms with Crippen molar-refractivity contribution < 1.29 is 4.52 Å². The van der Waals surface area contributed by atoms with E-state index in [1.807, 2.05) is 42.5 Å². The molecule has 2 heterocycles. The average molecular weight is 266 g/mol. The van der Waals surface area contributed by atoms with Crippen LogP contribution in [0.15, 0.2) is 53.2 Å². The topological polar surface area (TPSA) is 77.8 Å². The molecule has 20 heavy (non-hydrogen) atoms. The molecule has 0 saturated heterocycles. The van der Waals surface area contributed by atoms with Crippen LogP contribution in [0.5, 0.6) is 0 Å². The zero-order chi connectivity index (χ0) is 13.8. The number of hydrogen-bond acceptors (Lipinski definition) is 5. The van der Waals surface area contributed by atoms with Crippen molar-refractivity contribution in [2.75, 3.05) is 5.73 Å². The van der Waals surface area contributed by atoms with Crippen LogP contribution in [0, 0.1) is 0 Å². The molecule has 0 bridgehead atoms. The Morgan fingerprint density at radius 2 is 1.85 bits per heavy atom. The fourth-order valence-electron chi connectivity index (χ4n) is 1.91. The minimum Gasteiger partial charge on any atom is -0.399 e. The van der Waals surface area contributed by atoms with Crippen LogP contribution >= 0.6 is 0 Å². The molecule has 5 nitrogen and oxygen atoms in total. The molecule has 0 radical (unpaired) electrons. The normalized spacial score (nSPS) is 10.6. The molecule has 2 aromatic heterocycles. The summed E-state index contributed by atoms with van der Waals surface area (Å²) in [4.78, 5) is 8.62. The van der Waals surface area contributed by atoms with Gasteiger partial charge in [-0.3, -0.25) is 4.98 Å². The number of rotatable bonds is 4. The first-order valence-corrected chi connectivity index (χ1v) is 6.35. The van der Waals surface area contributed by atoms with E-state index in [0.717, 1.165) is 16.9 Å². The van der Waals surface area contributed by atoms with E-state index in [1.54, 1.807) is 6.20 Å². The third kappa shape index (κ3) is 3.00. The lowest BCUT2D eigenvalue weighted by molar-refractivity contribution is 0.380. The van der Waals surface area contributed by atoms with E-state index in [0.29, 0.717) is 24.6 Å². The lowest BCUT2D eigenvalue weighted by Crippen LogP contribution is -1.94. The lowest BCUT2D eigenvalue weighted by Gasteiger charge is -1.97. The number of hydrogen-bond donors (Lipinski definition) is 1. The minimum atomic E-state index is 0.575. The number of nitrogens with zero attached hydrogens (tertiary/aromatic N) is 3. The molecule has 100 valence electrons. The second-order valence-corrected chi connectivity index (χ2v) is 4.52. The molecule has 0 saturated carbocycles. The first-order chi connectivity index (χ1) is 9.79. The maximum absolute atomic E-state index is 5.65. The first-order valence-electron chi connectivity index (χ1n) is 6.35. The van der Waals surface area contributed by atoms with Gasteiger partial charge in [0.05, 0.1) is 12.8 Å². The van der Waals surface area contributed by atoms with Crippen LogP contribution in [0.3, 0.4) is 0 Å². The monoisotopic (exact) mass is 266 g/mol. The Morgan fingerprint density at radius 3 is 2.60 bits per heavy atom. The Bertz CT molecular complexity index is 677. The van der Waals surface area contributed by atoms with Crippen LogP contribution in [-0.2, 0) is 12.8 Å². The highest BCUT2D eigenvalue weighted by Gasteiger charge is 2.08. The zero-order valence-corrected chi connectivity index (χ0v) is 10.9. The van der Waals surface area contributed by atoms with Gasteiger partial charge in [-0.15, -0.1) is 0 Å². The van der Waals surface area contributed by atoms with Crippen molar-refractivity contribution in [2.24, 2.45) is 0 Å². The molecule has 0 aliphatic heterocycles. The highest BCUT2D eigenvalue weighted by Crippen LogP contribution is 2.11. The fourth-order valence-corrected chi connectivity index (χ4v) is 1.91. The van der Waals surface area contributed by atoms with E-state index in [4.69, 9.17) is 10.3 Å². The van der Waals surface area contributed by atoms with Crippen molar-refractivity contribution in [3.63, 3.8) is 0 Å². The second-order valence-electron chi connectivity index (χ2n) is 4.52. The maximum atomic E-state index is 5.65. The summed E-state index contributed by atoms with van der Waals surface area (Å²) in [5, 5.41) is 3.97. The standard InChI is InChI=1S/C15H14N4O/c16-12-6-4-11(5-7-12)9-15-18-14(19-20-15)10-13-3-1-2-8-17-13/h1-8H,9-10,16H2. The summed E-state index contributed by atoms with van der Waals surface area (Å²) in [6, 6.07) is 13.4. The van der Waals surface area contributed by atoms with Gasteiger partial charge in [0, 0.05) is 17.6 Å². The molecule has 0 unspecified atom stereocenters. The maximum Gasteiger partial charge on any atom is 0.231 e. The van der Waals surface area contributed by atoms with Gasteiger partial charge in [-0.25, -0.2) is 0 Å². The summed E-state index contributed by atoms with van der Waals surface area (Å²) in [6.45, 7) is 0. The van der Waals surface area contributed by atoms with Gasteiger partial charge in [0.1, 0.15) is 0 Å². The Kier molecular flexibility index (Phi) is 3.41. The molecule has 2 N–H and O–H groups in total. The molecule has 3 rings (SSSR count). The average Bonchev–Trinajstić information content (AvgIpc) is 2.90. The molecule has 0 fully saturated rings. The molecule has 1 aromatic carbocycles. The van der Waals surface area contributed by atoms with Crippen LogP contribution in [0.2, 0.25) is 0 Å². The quantitative estimate of drug-likeness (QED) is 0.733. The van der Waals surface area contributed by atoms with Crippen molar-refractivity contribution in [3.8, 4) is 0 Å². The van der Waals surface area contributed by atoms with E-state index in [9.17, 15) is 0 Å². The van der Waals surface area contributed by atoms with Gasteiger partial charge >= 0.3 is 0 Å². The van der Waals surface area contributed by atoms with Crippen molar-refractivity contribution in [1.29, 1.82) is 0 Å². The van der Waals surface area contributed by atoms with Crippen molar-refractivity contribution >= 4 is 5.69 Å². The number of aromatic nitrogens is 3. The van der Waals surface area contributed by atoms with Crippen molar-refractivity contribution in [2.45, 2.75) is 12.8 Å². The summed E-state index contributed by atoms with van der Waals surface area (Å²) in [7, 11) is 0. The fraction of sp³-hybridized carbons (Fsp3) is 0.133. The van der Waals surface area contributed by atoms with Crippen molar-refractivity contribution in [1.82, 2.24) is 15.1 Å². The van der Waals surface area contributed by atoms with Crippen LogP contribution in [-0.4, -0.2) is 15.1 Å². The Morgan fingerprint density at radius 1 is 1.00 bits per heavy atom. The zero-order valence-electron chi connectivity index (χ0n) is 10.9. The molecule has 0 aliphatic rings. The first kappa shape index (κ1) is 12.3. The van der Waals surface area contributed by atoms with Gasteiger partial charge in [-0.05, 0) is 29.8 Å². The Hall–Kier alpha value is -2.69. The number of nitrogen functional groups attached to an aromatic ring is 1. The van der Waals surface area contributed by atoms with Gasteiger partial charge < -0.3 is 10.3 Å². The van der Waals surface area contributed by atoms with Gasteiger partial charge in [-0.2, -0.15) is 4.98 Å². The lowest BCUT2D eigenvalue weighted by atomic mass is 10.1. The molecule has 0 amide bonds. The molecular weight excluding hydrogens is 252 g/mol. The SMILES string of the molecule is Nc1ccc(Cc2nc(Cc3ccccn3)no2)cc1. The highest BCUT2D eigenvalue weighted by molar-refractivity contribution is 5.39. The molecular formula is C15H14N4O. The summed E-state index contributed by atoms with van der Waals surface area (Å²) in [5.41, 5.74) is 8.41. The molecule has 0 aliphatic carbocycles. The summed E-state index contributed by atoms with van der Waals surface area (Å²) >= 11 is 0. The van der Waals surface area contributed by atoms with Crippen LogP contribution in [0.25, 0.3) is 0 Å². The van der Waals surface area contributed by atoms with Crippen LogP contribution in [0.4, 0.5) is 5.69 Å². The summed E-state index contributed by atoms with van der Waals surface area (Å²) < 4.78 is 5.25. The largest absolute Gasteiger partial charge is 0.399 e. The summed E-state index contributed by atoms with van der Waals surface area (Å²) in [6.07, 6.45) is 2.94. The van der Waals surface area contributed by atoms with Gasteiger partial charge in [-0.1, -0.05) is 23.4 Å². The predicted molar refractivity (Wildman–Crippen MR) is 75.0 cm³/mol. The number of benzene rings is 1. The van der Waals surface area contributed by atoms with Crippen molar-refractivity contribution in [3.05, 3.63) is 71.6 Å². The van der Waals surface area contributed by atoms with E-state index in [2.05, 4.69) is 15.1 Å². The molecule has 5 heteroatoms. The second kappa shape index (κ2) is 5.52. The van der Waals surface area contributed by atoms with Gasteiger partial charge in [0.25, 0.3) is 0 Å². The Balaban J connectivity index is 1.69. The van der Waals surface area contributed by atoms with Crippen LogP contribution in [0.1, 0.15) is 23.0 Å². The number of pyridine rings is 1. The van der Waals surface area contributed by atoms with E-state index in [-0.39, 0.29) is 0 Å². The van der Waals surface area contributed by atoms with E-state index >= 15 is 0 Å². The molecule has 0 spiro atoms. The van der Waals surface area contributed by atoms with Crippen LogP contribution < -0.4 is 5.73 Å². The van der Waals surface area contributed by atoms with Gasteiger partial charge in [0.15, 0.2) is 5.82 Å². The van der Waals surface area contributed by atoms with E-state index < -0.39 is 0 Å². The number of anilines is 1. The molecule has 0 atom stereocenters. The Labute approximate surface area is 116 Å². The number of nitrogens with two attached hydrogens (primary N) is 1. The van der Waals surface area contributed by atoms with E-state index in [1.165, 1.54) is 0 Å². The predicted octanol–water partition coefficient (Wildman–Crippen LogP) is 2.23. The smallest absolute Gasteiger partial charge is 0.231 e. The minimum absolute atomic E-state index is 0.575. The third-order valence-electron chi connectivity index (χ3n) is 2.91. The highest BCUT2D eigenvalue weighted by atomic mass is 16.5. The molecule has 3 aromatic rings. The van der Waals surface area contributed by atoms with Gasteiger partial charge in [0.2, 0.25) is 5.89 Å².